The van der Waals surface area contributed by atoms with E-state index in [2.05, 4.69) is 26.7 Å². The molecule has 0 bridgehead atoms. The van der Waals surface area contributed by atoms with Gasteiger partial charge in [0.05, 0.1) is 12.4 Å². The minimum Gasteiger partial charge on any atom is -0.338 e. The number of imidazole rings is 1. The molecule has 0 spiro atoms. The van der Waals surface area contributed by atoms with Crippen LogP contribution in [0, 0.1) is 0 Å². The first kappa shape index (κ1) is 16.3. The maximum atomic E-state index is 12.7. The van der Waals surface area contributed by atoms with Crippen LogP contribution in [0.4, 0.5) is 0 Å². The second-order valence-corrected chi connectivity index (χ2v) is 7.31. The number of fused-ring (bicyclic) bond motifs is 1. The number of hydrogen-bond acceptors (Lipinski definition) is 4. The molecule has 0 aromatic carbocycles. The topological polar surface area (TPSA) is 68.8 Å². The SMILES string of the molecule is CC1c2nnc(C3CCCC3)n2CCN1C(=O)CCc1cncn1C. The van der Waals surface area contributed by atoms with Gasteiger partial charge in [-0.15, -0.1) is 10.2 Å². The van der Waals surface area contributed by atoms with Crippen LogP contribution in [-0.4, -0.2) is 41.7 Å². The van der Waals surface area contributed by atoms with Gasteiger partial charge in [-0.1, -0.05) is 12.8 Å². The summed E-state index contributed by atoms with van der Waals surface area (Å²) in [6.07, 6.45) is 9.86. The van der Waals surface area contributed by atoms with Gasteiger partial charge in [0.15, 0.2) is 5.82 Å². The minimum atomic E-state index is -0.00422. The van der Waals surface area contributed by atoms with Crippen LogP contribution >= 0.6 is 0 Å². The first-order valence-corrected chi connectivity index (χ1v) is 9.33. The largest absolute Gasteiger partial charge is 0.338 e. The molecule has 0 N–H and O–H groups in total. The zero-order valence-electron chi connectivity index (χ0n) is 15.1. The first-order valence-electron chi connectivity index (χ1n) is 9.33. The van der Waals surface area contributed by atoms with Crippen molar-refractivity contribution in [3.8, 4) is 0 Å². The van der Waals surface area contributed by atoms with Gasteiger partial charge in [-0.2, -0.15) is 0 Å². The van der Waals surface area contributed by atoms with Gasteiger partial charge >= 0.3 is 0 Å². The van der Waals surface area contributed by atoms with E-state index in [9.17, 15) is 4.79 Å². The van der Waals surface area contributed by atoms with Gasteiger partial charge in [0.2, 0.25) is 5.91 Å². The maximum Gasteiger partial charge on any atom is 0.223 e. The Labute approximate surface area is 148 Å². The van der Waals surface area contributed by atoms with E-state index in [4.69, 9.17) is 0 Å². The molecule has 0 radical (unpaired) electrons. The molecule has 1 fully saturated rings. The molecule has 1 saturated carbocycles. The monoisotopic (exact) mass is 342 g/mol. The minimum absolute atomic E-state index is 0.00422. The number of rotatable bonds is 4. The van der Waals surface area contributed by atoms with Crippen LogP contribution < -0.4 is 0 Å². The Morgan fingerprint density at radius 2 is 1.96 bits per heavy atom. The van der Waals surface area contributed by atoms with Crippen LogP contribution in [0.2, 0.25) is 0 Å². The van der Waals surface area contributed by atoms with E-state index in [0.29, 0.717) is 12.3 Å². The molecule has 0 saturated heterocycles. The van der Waals surface area contributed by atoms with Crippen molar-refractivity contribution in [2.75, 3.05) is 6.54 Å². The Morgan fingerprint density at radius 1 is 1.20 bits per heavy atom. The third-order valence-electron chi connectivity index (χ3n) is 5.77. The highest BCUT2D eigenvalue weighted by atomic mass is 16.2. The zero-order chi connectivity index (χ0) is 17.4. The molecule has 7 nitrogen and oxygen atoms in total. The molecule has 1 unspecified atom stereocenters. The van der Waals surface area contributed by atoms with Crippen molar-refractivity contribution in [1.29, 1.82) is 0 Å². The van der Waals surface area contributed by atoms with Gasteiger partial charge in [0.25, 0.3) is 0 Å². The fourth-order valence-electron chi connectivity index (χ4n) is 4.24. The summed E-state index contributed by atoms with van der Waals surface area (Å²) in [5, 5.41) is 8.93. The molecular formula is C18H26N6O. The van der Waals surface area contributed by atoms with Crippen LogP contribution in [-0.2, 0) is 24.8 Å². The van der Waals surface area contributed by atoms with Gasteiger partial charge in [-0.05, 0) is 26.2 Å². The van der Waals surface area contributed by atoms with Crippen molar-refractivity contribution in [3.63, 3.8) is 0 Å². The van der Waals surface area contributed by atoms with Gasteiger partial charge in [-0.25, -0.2) is 4.98 Å². The average molecular weight is 342 g/mol. The Hall–Kier alpha value is -2.18. The molecule has 1 amide bonds. The number of carbonyl (C=O) groups is 1. The Balaban J connectivity index is 1.45. The molecule has 2 aromatic heterocycles. The fourth-order valence-corrected chi connectivity index (χ4v) is 4.24. The fraction of sp³-hybridized carbons (Fsp3) is 0.667. The number of amides is 1. The van der Waals surface area contributed by atoms with Crippen molar-refractivity contribution in [2.45, 2.75) is 64.0 Å². The summed E-state index contributed by atoms with van der Waals surface area (Å²) >= 11 is 0. The molecule has 1 aliphatic heterocycles. The molecular weight excluding hydrogens is 316 g/mol. The van der Waals surface area contributed by atoms with Crippen LogP contribution in [0.3, 0.4) is 0 Å². The van der Waals surface area contributed by atoms with Gasteiger partial charge < -0.3 is 14.0 Å². The molecule has 2 aliphatic rings. The van der Waals surface area contributed by atoms with Gasteiger partial charge in [-0.3, -0.25) is 4.79 Å². The molecule has 1 aliphatic carbocycles. The summed E-state index contributed by atoms with van der Waals surface area (Å²) in [6, 6.07) is -0.00422. The summed E-state index contributed by atoms with van der Waals surface area (Å²) in [5.41, 5.74) is 1.09. The number of aromatic nitrogens is 5. The second-order valence-electron chi connectivity index (χ2n) is 7.31. The summed E-state index contributed by atoms with van der Waals surface area (Å²) in [5.74, 6) is 2.83. The van der Waals surface area contributed by atoms with Crippen molar-refractivity contribution in [3.05, 3.63) is 29.9 Å². The van der Waals surface area contributed by atoms with E-state index in [1.54, 1.807) is 6.33 Å². The summed E-state index contributed by atoms with van der Waals surface area (Å²) in [6.45, 7) is 3.63. The van der Waals surface area contributed by atoms with Crippen LogP contribution in [0.15, 0.2) is 12.5 Å². The highest BCUT2D eigenvalue weighted by molar-refractivity contribution is 5.77. The summed E-state index contributed by atoms with van der Waals surface area (Å²) < 4.78 is 4.24. The van der Waals surface area contributed by atoms with E-state index in [-0.39, 0.29) is 11.9 Å². The lowest BCUT2D eigenvalue weighted by Crippen LogP contribution is -2.41. The van der Waals surface area contributed by atoms with Gasteiger partial charge in [0.1, 0.15) is 5.82 Å². The normalized spacial score (nSPS) is 20.9. The molecule has 25 heavy (non-hydrogen) atoms. The Kier molecular flexibility index (Phi) is 4.31. The van der Waals surface area contributed by atoms with Crippen molar-refractivity contribution in [1.82, 2.24) is 29.2 Å². The smallest absolute Gasteiger partial charge is 0.223 e. The lowest BCUT2D eigenvalue weighted by atomic mass is 10.1. The standard InChI is InChI=1S/C18H26N6O/c1-13-17-20-21-18(14-5-3-4-6-14)24(17)10-9-23(13)16(25)8-7-15-11-19-12-22(15)2/h11-14H,3-10H2,1-2H3. The van der Waals surface area contributed by atoms with E-state index < -0.39 is 0 Å². The van der Waals surface area contributed by atoms with Crippen LogP contribution in [0.25, 0.3) is 0 Å². The molecule has 1 atom stereocenters. The summed E-state index contributed by atoms with van der Waals surface area (Å²) in [4.78, 5) is 18.8. The molecule has 4 rings (SSSR count). The average Bonchev–Trinajstić information content (AvgIpc) is 3.33. The van der Waals surface area contributed by atoms with Crippen molar-refractivity contribution < 1.29 is 4.79 Å². The van der Waals surface area contributed by atoms with E-state index in [0.717, 1.165) is 36.9 Å². The first-order chi connectivity index (χ1) is 12.1. The number of carbonyl (C=O) groups excluding carboxylic acids is 1. The molecule has 3 heterocycles. The third-order valence-corrected chi connectivity index (χ3v) is 5.77. The Bertz CT molecular complexity index is 757. The predicted octanol–water partition coefficient (Wildman–Crippen LogP) is 2.21. The number of hydrogen-bond donors (Lipinski definition) is 0. The maximum absolute atomic E-state index is 12.7. The number of aryl methyl sites for hydroxylation is 2. The summed E-state index contributed by atoms with van der Waals surface area (Å²) in [7, 11) is 1.96. The quantitative estimate of drug-likeness (QED) is 0.854. The van der Waals surface area contributed by atoms with E-state index in [1.807, 2.05) is 22.7 Å². The van der Waals surface area contributed by atoms with E-state index >= 15 is 0 Å². The molecule has 2 aromatic rings. The van der Waals surface area contributed by atoms with Crippen molar-refractivity contribution >= 4 is 5.91 Å². The lowest BCUT2D eigenvalue weighted by molar-refractivity contribution is -0.134. The third kappa shape index (κ3) is 2.96. The van der Waals surface area contributed by atoms with E-state index in [1.165, 1.54) is 25.7 Å². The number of nitrogens with zero attached hydrogens (tertiary/aromatic N) is 6. The van der Waals surface area contributed by atoms with Gasteiger partial charge in [0, 0.05) is 44.4 Å². The van der Waals surface area contributed by atoms with Crippen LogP contribution in [0.1, 0.15) is 68.3 Å². The lowest BCUT2D eigenvalue weighted by Gasteiger charge is -2.34. The Morgan fingerprint density at radius 3 is 2.68 bits per heavy atom. The second kappa shape index (κ2) is 6.61. The zero-order valence-corrected chi connectivity index (χ0v) is 15.1. The molecule has 134 valence electrons. The van der Waals surface area contributed by atoms with Crippen LogP contribution in [0.5, 0.6) is 0 Å². The highest BCUT2D eigenvalue weighted by Gasteiger charge is 2.33. The van der Waals surface area contributed by atoms with Crippen molar-refractivity contribution in [2.24, 2.45) is 7.05 Å². The highest BCUT2D eigenvalue weighted by Crippen LogP contribution is 2.35. The predicted molar refractivity (Wildman–Crippen MR) is 92.9 cm³/mol. The molecule has 7 heteroatoms.